The Bertz CT molecular complexity index is 959. The highest BCUT2D eigenvalue weighted by molar-refractivity contribution is 7.89. The molecule has 2 aliphatic heterocycles. The Kier molecular flexibility index (Phi) is 6.38. The molecule has 1 fully saturated rings. The van der Waals surface area contributed by atoms with E-state index in [-0.39, 0.29) is 29.5 Å². The van der Waals surface area contributed by atoms with Crippen molar-refractivity contribution in [1.29, 1.82) is 0 Å². The van der Waals surface area contributed by atoms with Crippen LogP contribution in [0.15, 0.2) is 36.0 Å². The minimum absolute atomic E-state index is 0.0555. The van der Waals surface area contributed by atoms with Gasteiger partial charge in [0.2, 0.25) is 10.0 Å². The van der Waals surface area contributed by atoms with Gasteiger partial charge in [-0.25, -0.2) is 12.7 Å². The zero-order valence-electron chi connectivity index (χ0n) is 18.1. The van der Waals surface area contributed by atoms with Crippen LogP contribution in [0.3, 0.4) is 0 Å². The van der Waals surface area contributed by atoms with Crippen molar-refractivity contribution in [3.05, 3.63) is 41.6 Å². The largest absolute Gasteiger partial charge is 0.457 e. The molecule has 0 saturated carbocycles. The number of nitrogens with zero attached hydrogens (tertiary/aromatic N) is 2. The minimum Gasteiger partial charge on any atom is -0.457 e. The summed E-state index contributed by atoms with van der Waals surface area (Å²) in [5, 5.41) is 0. The number of ether oxygens (including phenoxy) is 1. The number of ketones is 1. The molecule has 0 N–H and O–H groups in total. The molecule has 1 aromatic rings. The van der Waals surface area contributed by atoms with Gasteiger partial charge >= 0.3 is 5.97 Å². The SMILES string of the molecule is CCS(=O)(=O)N1CCC(C(=O)OCC(=O)/C=C2/N(C)c3ccccc3C2(C)C)CC1. The van der Waals surface area contributed by atoms with E-state index in [1.54, 1.807) is 13.0 Å². The lowest BCUT2D eigenvalue weighted by Gasteiger charge is -2.29. The first-order valence-electron chi connectivity index (χ1n) is 10.3. The van der Waals surface area contributed by atoms with E-state index in [1.165, 1.54) is 4.31 Å². The third-order valence-corrected chi connectivity index (χ3v) is 8.02. The monoisotopic (exact) mass is 434 g/mol. The number of rotatable bonds is 6. The predicted molar refractivity (Wildman–Crippen MR) is 116 cm³/mol. The third-order valence-electron chi connectivity index (χ3n) is 6.14. The number of benzene rings is 1. The van der Waals surface area contributed by atoms with E-state index >= 15 is 0 Å². The van der Waals surface area contributed by atoms with Crippen molar-refractivity contribution < 1.29 is 22.7 Å². The number of hydrogen-bond acceptors (Lipinski definition) is 6. The van der Waals surface area contributed by atoms with Gasteiger partial charge in [-0.05, 0) is 31.4 Å². The van der Waals surface area contributed by atoms with E-state index in [9.17, 15) is 18.0 Å². The second-order valence-corrected chi connectivity index (χ2v) is 10.6. The molecule has 164 valence electrons. The first-order chi connectivity index (χ1) is 14.1. The normalized spacial score (nSPS) is 20.9. The van der Waals surface area contributed by atoms with Gasteiger partial charge in [-0.15, -0.1) is 0 Å². The Labute approximate surface area is 178 Å². The highest BCUT2D eigenvalue weighted by Gasteiger charge is 2.38. The summed E-state index contributed by atoms with van der Waals surface area (Å²) in [6.07, 6.45) is 2.39. The average molecular weight is 435 g/mol. The van der Waals surface area contributed by atoms with Crippen LogP contribution in [0.2, 0.25) is 0 Å². The lowest BCUT2D eigenvalue weighted by atomic mass is 9.83. The van der Waals surface area contributed by atoms with Crippen LogP contribution in [-0.2, 0) is 29.8 Å². The van der Waals surface area contributed by atoms with Crippen molar-refractivity contribution >= 4 is 27.5 Å². The molecule has 30 heavy (non-hydrogen) atoms. The Hall–Kier alpha value is -2.19. The summed E-state index contributed by atoms with van der Waals surface area (Å²) < 4.78 is 30.5. The second kappa shape index (κ2) is 8.51. The topological polar surface area (TPSA) is 84.0 Å². The summed E-state index contributed by atoms with van der Waals surface area (Å²) in [4.78, 5) is 26.9. The molecule has 1 saturated heterocycles. The predicted octanol–water partition coefficient (Wildman–Crippen LogP) is 2.47. The number of likely N-dealkylation sites (N-methyl/N-ethyl adjacent to an activating group) is 1. The molecule has 2 heterocycles. The highest BCUT2D eigenvalue weighted by Crippen LogP contribution is 2.46. The molecule has 0 aromatic heterocycles. The molecule has 0 unspecified atom stereocenters. The summed E-state index contributed by atoms with van der Waals surface area (Å²) in [7, 11) is -1.31. The van der Waals surface area contributed by atoms with E-state index in [1.807, 2.05) is 30.1 Å². The first-order valence-corrected chi connectivity index (χ1v) is 11.9. The fraction of sp³-hybridized carbons (Fsp3) is 0.545. The number of anilines is 1. The van der Waals surface area contributed by atoms with Gasteiger partial charge in [0.1, 0.15) is 0 Å². The van der Waals surface area contributed by atoms with Gasteiger partial charge in [-0.2, -0.15) is 0 Å². The van der Waals surface area contributed by atoms with E-state index < -0.39 is 16.0 Å². The minimum atomic E-state index is -3.23. The lowest BCUT2D eigenvalue weighted by molar-refractivity contribution is -0.152. The van der Waals surface area contributed by atoms with Gasteiger partial charge < -0.3 is 9.64 Å². The van der Waals surface area contributed by atoms with Crippen molar-refractivity contribution in [2.45, 2.75) is 39.0 Å². The number of hydrogen-bond donors (Lipinski definition) is 0. The molecule has 0 spiro atoms. The van der Waals surface area contributed by atoms with Crippen LogP contribution in [0.5, 0.6) is 0 Å². The zero-order chi connectivity index (χ0) is 22.1. The number of fused-ring (bicyclic) bond motifs is 1. The number of carbonyl (C=O) groups is 2. The van der Waals surface area contributed by atoms with Crippen LogP contribution < -0.4 is 4.90 Å². The molecule has 0 aliphatic carbocycles. The summed E-state index contributed by atoms with van der Waals surface area (Å²) in [6, 6.07) is 8.03. The molecule has 0 atom stereocenters. The molecule has 7 nitrogen and oxygen atoms in total. The molecule has 0 bridgehead atoms. The standard InChI is InChI=1S/C22H30N2O5S/c1-5-30(27,28)24-12-10-16(11-13-24)21(26)29-15-17(25)14-20-22(2,3)18-8-6-7-9-19(18)23(20)4/h6-9,14,16H,5,10-13,15H2,1-4H3/b20-14+. The molecule has 0 amide bonds. The summed E-state index contributed by atoms with van der Waals surface area (Å²) in [5.74, 6) is -1.02. The lowest BCUT2D eigenvalue weighted by Crippen LogP contribution is -2.41. The highest BCUT2D eigenvalue weighted by atomic mass is 32.2. The molecule has 8 heteroatoms. The smallest absolute Gasteiger partial charge is 0.309 e. The summed E-state index contributed by atoms with van der Waals surface area (Å²) in [6.45, 7) is 6.06. The Morgan fingerprint density at radius 1 is 1.20 bits per heavy atom. The van der Waals surface area contributed by atoms with Gasteiger partial charge in [0.25, 0.3) is 0 Å². The second-order valence-electron chi connectivity index (χ2n) is 8.38. The van der Waals surface area contributed by atoms with Crippen LogP contribution in [0.25, 0.3) is 0 Å². The number of allylic oxidation sites excluding steroid dienone is 1. The number of para-hydroxylation sites is 1. The maximum atomic E-state index is 12.5. The zero-order valence-corrected chi connectivity index (χ0v) is 18.9. The quantitative estimate of drug-likeness (QED) is 0.505. The van der Waals surface area contributed by atoms with Gasteiger partial charge in [0, 0.05) is 43.0 Å². The van der Waals surface area contributed by atoms with Crippen LogP contribution in [0.1, 0.15) is 39.2 Å². The van der Waals surface area contributed by atoms with Crippen molar-refractivity contribution in [2.75, 3.05) is 37.4 Å². The maximum Gasteiger partial charge on any atom is 0.309 e. The van der Waals surface area contributed by atoms with Gasteiger partial charge in [0.05, 0.1) is 11.7 Å². The van der Waals surface area contributed by atoms with Crippen molar-refractivity contribution in [3.63, 3.8) is 0 Å². The van der Waals surface area contributed by atoms with Crippen molar-refractivity contribution in [2.24, 2.45) is 5.92 Å². The molecule has 1 aromatic carbocycles. The van der Waals surface area contributed by atoms with Crippen LogP contribution >= 0.6 is 0 Å². The van der Waals surface area contributed by atoms with Crippen molar-refractivity contribution in [1.82, 2.24) is 4.31 Å². The van der Waals surface area contributed by atoms with Gasteiger partial charge in [-0.3, -0.25) is 9.59 Å². The molecule has 0 radical (unpaired) electrons. The van der Waals surface area contributed by atoms with E-state index in [2.05, 4.69) is 19.9 Å². The molecular formula is C22H30N2O5S. The number of carbonyl (C=O) groups excluding carboxylic acids is 2. The Morgan fingerprint density at radius 3 is 2.43 bits per heavy atom. The van der Waals surface area contributed by atoms with Gasteiger partial charge in [0.15, 0.2) is 12.4 Å². The first kappa shape index (κ1) is 22.5. The molecule has 3 rings (SSSR count). The third kappa shape index (κ3) is 4.30. The fourth-order valence-corrected chi connectivity index (χ4v) is 5.40. The maximum absolute atomic E-state index is 12.5. The summed E-state index contributed by atoms with van der Waals surface area (Å²) >= 11 is 0. The number of esters is 1. The molecule has 2 aliphatic rings. The van der Waals surface area contributed by atoms with E-state index in [0.29, 0.717) is 25.9 Å². The summed E-state index contributed by atoms with van der Waals surface area (Å²) in [5.41, 5.74) is 2.76. The molecular weight excluding hydrogens is 404 g/mol. The van der Waals surface area contributed by atoms with Gasteiger partial charge in [-0.1, -0.05) is 32.0 Å². The number of piperidine rings is 1. The van der Waals surface area contributed by atoms with E-state index in [0.717, 1.165) is 16.9 Å². The van der Waals surface area contributed by atoms with Crippen molar-refractivity contribution in [3.8, 4) is 0 Å². The fourth-order valence-electron chi connectivity index (χ4n) is 4.27. The van der Waals surface area contributed by atoms with Crippen LogP contribution in [0, 0.1) is 5.92 Å². The average Bonchev–Trinajstić information content (AvgIpc) is 2.93. The number of sulfonamides is 1. The van der Waals surface area contributed by atoms with E-state index in [4.69, 9.17) is 4.74 Å². The van der Waals surface area contributed by atoms with Crippen LogP contribution in [-0.4, -0.2) is 57.0 Å². The van der Waals surface area contributed by atoms with Crippen LogP contribution in [0.4, 0.5) is 5.69 Å². The Balaban J connectivity index is 1.57. The Morgan fingerprint density at radius 2 is 1.83 bits per heavy atom.